The van der Waals surface area contributed by atoms with Crippen molar-refractivity contribution in [2.45, 2.75) is 50.6 Å². The average Bonchev–Trinajstić information content (AvgIpc) is 3.45. The van der Waals surface area contributed by atoms with Crippen LogP contribution in [0.25, 0.3) is 11.1 Å². The normalized spacial score (nSPS) is 14.6. The number of alkyl halides is 3. The Morgan fingerprint density at radius 2 is 1.55 bits per heavy atom. The summed E-state index contributed by atoms with van der Waals surface area (Å²) in [5.41, 5.74) is 1.28. The molecule has 2 atom stereocenters. The number of carbonyl (C=O) groups excluding carboxylic acids is 3. The molecule has 2 unspecified atom stereocenters. The summed E-state index contributed by atoms with van der Waals surface area (Å²) in [7, 11) is -4.22. The molecule has 0 saturated carbocycles. The fraction of sp³-hybridized carbons (Fsp3) is 0.379. The summed E-state index contributed by atoms with van der Waals surface area (Å²) in [6.45, 7) is 5.34. The highest BCUT2D eigenvalue weighted by Gasteiger charge is 2.41. The molecule has 0 fully saturated rings. The fourth-order valence-corrected chi connectivity index (χ4v) is 4.00. The Kier molecular flexibility index (Phi) is 11.5. The van der Waals surface area contributed by atoms with Crippen molar-refractivity contribution < 1.29 is 64.6 Å². The van der Waals surface area contributed by atoms with E-state index >= 15 is 0 Å². The first-order valence-electron chi connectivity index (χ1n) is 13.8. The van der Waals surface area contributed by atoms with Gasteiger partial charge in [0.2, 0.25) is 12.3 Å². The van der Waals surface area contributed by atoms with Crippen molar-refractivity contribution in [1.29, 1.82) is 0 Å². The molecule has 3 aromatic rings. The number of nitrogens with two attached hydrogens (primary N) is 1. The number of halogens is 3. The van der Waals surface area contributed by atoms with E-state index in [1.54, 1.807) is 45.0 Å². The van der Waals surface area contributed by atoms with Gasteiger partial charge in [-0.25, -0.2) is 18.0 Å². The third kappa shape index (κ3) is 9.82. The van der Waals surface area contributed by atoms with Gasteiger partial charge >= 0.3 is 11.5 Å². The minimum Gasteiger partial charge on any atom is -0.741 e. The molecule has 18 heteroatoms. The number of esters is 1. The molecule has 0 aliphatic carbocycles. The molecular weight excluding hydrogens is 653 g/mol. The molecule has 0 radical (unpaired) electrons. The highest BCUT2D eigenvalue weighted by Crippen LogP contribution is 2.26. The Bertz CT molecular complexity index is 1670. The zero-order valence-corrected chi connectivity index (χ0v) is 26.4. The maximum absolute atomic E-state index is 12.9. The Balaban J connectivity index is 0.000000665. The Morgan fingerprint density at radius 3 is 2.02 bits per heavy atom. The summed E-state index contributed by atoms with van der Waals surface area (Å²) in [6, 6.07) is 13.5. The van der Waals surface area contributed by atoms with E-state index < -0.39 is 51.2 Å². The molecule has 47 heavy (non-hydrogen) atoms. The van der Waals surface area contributed by atoms with E-state index in [2.05, 4.69) is 0 Å². The number of benzene rings is 2. The van der Waals surface area contributed by atoms with Gasteiger partial charge in [-0.3, -0.25) is 9.59 Å². The van der Waals surface area contributed by atoms with Crippen LogP contribution in [-0.2, 0) is 38.1 Å². The third-order valence-electron chi connectivity index (χ3n) is 6.22. The van der Waals surface area contributed by atoms with Crippen LogP contribution in [0.1, 0.15) is 41.5 Å². The Hall–Kier alpha value is -4.36. The summed E-state index contributed by atoms with van der Waals surface area (Å²) in [6.07, 6.45) is 1.80. The van der Waals surface area contributed by atoms with Crippen LogP contribution in [0.4, 0.5) is 13.2 Å². The van der Waals surface area contributed by atoms with Gasteiger partial charge in [-0.15, -0.1) is 9.75 Å². The number of fused-ring (bicyclic) bond motifs is 1. The van der Waals surface area contributed by atoms with E-state index in [1.807, 2.05) is 40.9 Å². The van der Waals surface area contributed by atoms with E-state index in [-0.39, 0.29) is 24.3 Å². The molecule has 4 rings (SSSR count). The van der Waals surface area contributed by atoms with Gasteiger partial charge in [0.05, 0.1) is 29.0 Å². The van der Waals surface area contributed by atoms with E-state index in [9.17, 15) is 32.7 Å². The largest absolute Gasteiger partial charge is 0.741 e. The van der Waals surface area contributed by atoms with Crippen LogP contribution in [0, 0.1) is 0 Å². The zero-order chi connectivity index (χ0) is 35.3. The summed E-state index contributed by atoms with van der Waals surface area (Å²) in [4.78, 5) is 44.0. The van der Waals surface area contributed by atoms with Crippen LogP contribution in [0.15, 0.2) is 60.9 Å². The molecule has 0 saturated heterocycles. The van der Waals surface area contributed by atoms with E-state index in [1.165, 1.54) is 12.1 Å². The minimum atomic E-state index is -6.09. The number of aryl methyl sites for hydroxylation is 1. The Morgan fingerprint density at radius 1 is 1.02 bits per heavy atom. The zero-order valence-electron chi connectivity index (χ0n) is 25.6. The summed E-state index contributed by atoms with van der Waals surface area (Å²) in [5, 5.41) is 10.4. The average molecular weight is 687 g/mol. The quantitative estimate of drug-likeness (QED) is 0.104. The number of aliphatic hydroxyl groups is 1. The van der Waals surface area contributed by atoms with Crippen LogP contribution >= 0.6 is 0 Å². The summed E-state index contributed by atoms with van der Waals surface area (Å²) in [5.74, 6) is -1.65. The molecule has 0 bridgehead atoms. The number of carbonyl (C=O) groups is 3. The molecule has 0 spiro atoms. The highest BCUT2D eigenvalue weighted by molar-refractivity contribution is 7.86. The van der Waals surface area contributed by atoms with Gasteiger partial charge in [0.25, 0.3) is 11.8 Å². The maximum Gasteiger partial charge on any atom is 0.485 e. The molecule has 2 aromatic carbocycles. The van der Waals surface area contributed by atoms with Crippen molar-refractivity contribution in [3.05, 3.63) is 72.1 Å². The standard InChI is InChI=1S/C28H33N4O7.CHF3O3S/c1-28(2,3)38-27(36)24(39-32-25(34)22-7-5-6-8-23(22)26(32)35)17-37-21-11-9-18(10-12-21)19-14-30(4)31(15-19)16-20(33)13-29;2-1(3,4)8(5,6)7/h5-12,14-15,20,24,33H,13,16-17,29H2,1-4H3;(H,5,6,7)/q+1;/p-1. The Labute approximate surface area is 267 Å². The lowest BCUT2D eigenvalue weighted by atomic mass is 10.1. The lowest BCUT2D eigenvalue weighted by Gasteiger charge is -2.26. The van der Waals surface area contributed by atoms with Gasteiger partial charge in [-0.2, -0.15) is 17.9 Å². The smallest absolute Gasteiger partial charge is 0.485 e. The van der Waals surface area contributed by atoms with Gasteiger partial charge < -0.3 is 24.9 Å². The number of nitrogens with zero attached hydrogens (tertiary/aromatic N) is 3. The second-order valence-electron chi connectivity index (χ2n) is 11.1. The summed E-state index contributed by atoms with van der Waals surface area (Å²) >= 11 is 0. The van der Waals surface area contributed by atoms with E-state index in [4.69, 9.17) is 33.0 Å². The van der Waals surface area contributed by atoms with Crippen LogP contribution in [-0.4, -0.2) is 82.1 Å². The molecule has 2 amide bonds. The minimum absolute atomic E-state index is 0.167. The van der Waals surface area contributed by atoms with Crippen LogP contribution in [0.2, 0.25) is 0 Å². The van der Waals surface area contributed by atoms with Crippen LogP contribution in [0.5, 0.6) is 5.75 Å². The number of hydrogen-bond donors (Lipinski definition) is 2. The second-order valence-corrected chi connectivity index (χ2v) is 12.5. The fourth-order valence-electron chi connectivity index (χ4n) is 4.00. The van der Waals surface area contributed by atoms with Gasteiger partial charge in [-0.05, 0) is 50.6 Å². The van der Waals surface area contributed by atoms with Gasteiger partial charge in [0.15, 0.2) is 17.2 Å². The second kappa shape index (κ2) is 14.6. The van der Waals surface area contributed by atoms with Gasteiger partial charge in [0.1, 0.15) is 24.5 Å². The number of hydrogen-bond acceptors (Lipinski definition) is 11. The molecule has 1 aliphatic heterocycles. The van der Waals surface area contributed by atoms with Crippen LogP contribution < -0.4 is 15.2 Å². The first-order chi connectivity index (χ1) is 21.7. The molecule has 14 nitrogen and oxygen atoms in total. The number of rotatable bonds is 10. The number of aliphatic hydroxyl groups excluding tert-OH is 1. The topological polar surface area (TPSA) is 194 Å². The molecule has 1 aliphatic rings. The van der Waals surface area contributed by atoms with Crippen molar-refractivity contribution in [3.8, 4) is 16.9 Å². The van der Waals surface area contributed by atoms with E-state index in [0.717, 1.165) is 11.1 Å². The van der Waals surface area contributed by atoms with Crippen molar-refractivity contribution in [3.63, 3.8) is 0 Å². The van der Waals surface area contributed by atoms with Gasteiger partial charge in [-0.1, -0.05) is 24.3 Å². The van der Waals surface area contributed by atoms with Crippen molar-refractivity contribution in [2.75, 3.05) is 13.2 Å². The monoisotopic (exact) mass is 686 g/mol. The SMILES string of the molecule is C[n+]1cc(-c2ccc(OCC(ON3C(=O)c4ccccc4C3=O)C(=O)OC(C)(C)C)cc2)cn1CC(O)CN.O=S(=O)([O-])C(F)(F)F. The molecular formula is C29H33F3N4O10S. The first-order valence-corrected chi connectivity index (χ1v) is 15.2. The molecule has 1 aromatic heterocycles. The number of hydroxylamine groups is 2. The highest BCUT2D eigenvalue weighted by atomic mass is 32.2. The predicted molar refractivity (Wildman–Crippen MR) is 155 cm³/mol. The number of ether oxygens (including phenoxy) is 2. The van der Waals surface area contributed by atoms with Crippen LogP contribution in [0.3, 0.4) is 0 Å². The predicted octanol–water partition coefficient (Wildman–Crippen LogP) is 1.67. The third-order valence-corrected chi connectivity index (χ3v) is 6.79. The summed E-state index contributed by atoms with van der Waals surface area (Å²) < 4.78 is 73.9. The number of aromatic nitrogens is 2. The molecule has 256 valence electrons. The molecule has 3 N–H and O–H groups in total. The first kappa shape index (κ1) is 37.1. The van der Waals surface area contributed by atoms with Crippen molar-refractivity contribution in [2.24, 2.45) is 12.8 Å². The number of imide groups is 1. The lowest BCUT2D eigenvalue weighted by molar-refractivity contribution is -0.754. The van der Waals surface area contributed by atoms with Gasteiger partial charge in [0, 0.05) is 6.54 Å². The lowest BCUT2D eigenvalue weighted by Crippen LogP contribution is -2.43. The molecule has 2 heterocycles. The van der Waals surface area contributed by atoms with Crippen molar-refractivity contribution in [1.82, 2.24) is 9.75 Å². The van der Waals surface area contributed by atoms with Crippen molar-refractivity contribution >= 4 is 27.9 Å². The maximum atomic E-state index is 12.9. The number of amides is 2. The van der Waals surface area contributed by atoms with E-state index in [0.29, 0.717) is 17.4 Å².